The monoisotopic (exact) mass is 391 g/mol. The van der Waals surface area contributed by atoms with Gasteiger partial charge in [0.2, 0.25) is 0 Å². The van der Waals surface area contributed by atoms with Gasteiger partial charge < -0.3 is 11.1 Å². The molecule has 0 unspecified atom stereocenters. The van der Waals surface area contributed by atoms with E-state index < -0.39 is 0 Å². The summed E-state index contributed by atoms with van der Waals surface area (Å²) in [6.07, 6.45) is 0. The molecule has 0 atom stereocenters. The van der Waals surface area contributed by atoms with Gasteiger partial charge in [0, 0.05) is 48.9 Å². The Bertz CT molecular complexity index is 730. The van der Waals surface area contributed by atoms with Crippen molar-refractivity contribution in [2.75, 3.05) is 29.9 Å². The Morgan fingerprint density at radius 2 is 1.77 bits per heavy atom. The quantitative estimate of drug-likeness (QED) is 0.816. The number of benzene rings is 2. The first-order valence-corrected chi connectivity index (χ1v) is 9.81. The standard InChI is InChI=1S/C20H25N3OS.ClH/c1-15-2-3-17(14-23-8-10-25-11-9-23)12-19(15)22-20(24)18-6-4-16(13-21)5-7-18;/h2-7,12H,8-11,13-14,21H2,1H3,(H,22,24);1H. The molecule has 1 fully saturated rings. The number of thioether (sulfide) groups is 1. The maximum atomic E-state index is 12.5. The molecule has 6 heteroatoms. The maximum absolute atomic E-state index is 12.5. The molecule has 0 spiro atoms. The number of anilines is 1. The normalized spacial score (nSPS) is 14.5. The van der Waals surface area contributed by atoms with Crippen LogP contribution in [0.3, 0.4) is 0 Å². The fourth-order valence-electron chi connectivity index (χ4n) is 2.91. The molecule has 0 bridgehead atoms. The van der Waals surface area contributed by atoms with Gasteiger partial charge in [-0.1, -0.05) is 24.3 Å². The van der Waals surface area contributed by atoms with Gasteiger partial charge in [0.15, 0.2) is 0 Å². The number of hydrogen-bond acceptors (Lipinski definition) is 4. The van der Waals surface area contributed by atoms with Crippen LogP contribution in [0.4, 0.5) is 5.69 Å². The largest absolute Gasteiger partial charge is 0.326 e. The van der Waals surface area contributed by atoms with Crippen LogP contribution in [0.25, 0.3) is 0 Å². The van der Waals surface area contributed by atoms with Crippen LogP contribution in [0, 0.1) is 6.92 Å². The minimum absolute atomic E-state index is 0. The molecule has 3 rings (SSSR count). The summed E-state index contributed by atoms with van der Waals surface area (Å²) in [5, 5.41) is 3.05. The molecule has 1 saturated heterocycles. The van der Waals surface area contributed by atoms with Gasteiger partial charge in [-0.15, -0.1) is 12.4 Å². The van der Waals surface area contributed by atoms with E-state index in [1.165, 1.54) is 17.1 Å². The Balaban J connectivity index is 0.00000243. The third-order valence-corrected chi connectivity index (χ3v) is 5.45. The Morgan fingerprint density at radius 1 is 1.12 bits per heavy atom. The van der Waals surface area contributed by atoms with Crippen molar-refractivity contribution in [2.45, 2.75) is 20.0 Å². The molecular formula is C20H26ClN3OS. The highest BCUT2D eigenvalue weighted by Gasteiger charge is 2.13. The Morgan fingerprint density at radius 3 is 2.42 bits per heavy atom. The van der Waals surface area contributed by atoms with E-state index in [2.05, 4.69) is 28.4 Å². The number of rotatable bonds is 5. The Labute approximate surface area is 165 Å². The molecule has 26 heavy (non-hydrogen) atoms. The number of amides is 1. The molecular weight excluding hydrogens is 366 g/mol. The summed E-state index contributed by atoms with van der Waals surface area (Å²) in [6.45, 7) is 5.71. The molecule has 4 nitrogen and oxygen atoms in total. The summed E-state index contributed by atoms with van der Waals surface area (Å²) < 4.78 is 0. The van der Waals surface area contributed by atoms with Gasteiger partial charge in [0.1, 0.15) is 0 Å². The van der Waals surface area contributed by atoms with E-state index in [-0.39, 0.29) is 18.3 Å². The first-order valence-electron chi connectivity index (χ1n) is 8.65. The lowest BCUT2D eigenvalue weighted by Crippen LogP contribution is -2.32. The number of halogens is 1. The van der Waals surface area contributed by atoms with Crippen LogP contribution >= 0.6 is 24.2 Å². The summed E-state index contributed by atoms with van der Waals surface area (Å²) in [6, 6.07) is 13.8. The minimum atomic E-state index is -0.0850. The number of carbonyl (C=O) groups excluding carboxylic acids is 1. The molecule has 0 radical (unpaired) electrons. The number of nitrogens with two attached hydrogens (primary N) is 1. The van der Waals surface area contributed by atoms with Gasteiger partial charge in [-0.2, -0.15) is 11.8 Å². The van der Waals surface area contributed by atoms with Gasteiger partial charge in [-0.25, -0.2) is 0 Å². The lowest BCUT2D eigenvalue weighted by atomic mass is 10.1. The van der Waals surface area contributed by atoms with Crippen molar-refractivity contribution in [1.29, 1.82) is 0 Å². The third kappa shape index (κ3) is 5.48. The summed E-state index contributed by atoms with van der Waals surface area (Å²) in [5.41, 5.74) is 10.5. The van der Waals surface area contributed by atoms with Gasteiger partial charge in [0.25, 0.3) is 5.91 Å². The van der Waals surface area contributed by atoms with E-state index in [4.69, 9.17) is 5.73 Å². The summed E-state index contributed by atoms with van der Waals surface area (Å²) >= 11 is 2.02. The highest BCUT2D eigenvalue weighted by molar-refractivity contribution is 7.99. The molecule has 0 saturated carbocycles. The second-order valence-corrected chi connectivity index (χ2v) is 7.62. The molecule has 1 amide bonds. The molecule has 3 N–H and O–H groups in total. The van der Waals surface area contributed by atoms with Crippen molar-refractivity contribution >= 4 is 35.8 Å². The second-order valence-electron chi connectivity index (χ2n) is 6.39. The number of nitrogens with one attached hydrogen (secondary N) is 1. The van der Waals surface area contributed by atoms with Crippen molar-refractivity contribution in [3.8, 4) is 0 Å². The SMILES string of the molecule is Cc1ccc(CN2CCSCC2)cc1NC(=O)c1ccc(CN)cc1.Cl. The van der Waals surface area contributed by atoms with Crippen molar-refractivity contribution in [2.24, 2.45) is 5.73 Å². The molecule has 1 heterocycles. The molecule has 1 aliphatic rings. The summed E-state index contributed by atoms with van der Waals surface area (Å²) in [5.74, 6) is 2.32. The number of aryl methyl sites for hydroxylation is 1. The van der Waals surface area contributed by atoms with E-state index in [9.17, 15) is 4.79 Å². The summed E-state index contributed by atoms with van der Waals surface area (Å²) in [7, 11) is 0. The Kier molecular flexibility index (Phi) is 7.97. The van der Waals surface area contributed by atoms with Crippen molar-refractivity contribution in [3.05, 3.63) is 64.7 Å². The summed E-state index contributed by atoms with van der Waals surface area (Å²) in [4.78, 5) is 15.0. The highest BCUT2D eigenvalue weighted by atomic mass is 35.5. The number of hydrogen-bond donors (Lipinski definition) is 2. The van der Waals surface area contributed by atoms with Gasteiger partial charge in [-0.05, 0) is 41.8 Å². The zero-order valence-corrected chi connectivity index (χ0v) is 16.7. The molecule has 0 aromatic heterocycles. The molecule has 2 aromatic carbocycles. The lowest BCUT2D eigenvalue weighted by molar-refractivity contribution is 0.102. The molecule has 0 aliphatic carbocycles. The van der Waals surface area contributed by atoms with Crippen LogP contribution < -0.4 is 11.1 Å². The van der Waals surface area contributed by atoms with E-state index in [0.717, 1.165) is 36.4 Å². The molecule has 1 aliphatic heterocycles. The van der Waals surface area contributed by atoms with E-state index in [1.807, 2.05) is 43.0 Å². The average Bonchev–Trinajstić information content (AvgIpc) is 2.65. The van der Waals surface area contributed by atoms with Crippen LogP contribution in [-0.4, -0.2) is 35.4 Å². The van der Waals surface area contributed by atoms with Crippen LogP contribution in [0.15, 0.2) is 42.5 Å². The number of carbonyl (C=O) groups is 1. The Hall–Kier alpha value is -1.53. The minimum Gasteiger partial charge on any atom is -0.326 e. The van der Waals surface area contributed by atoms with Crippen LogP contribution in [0.5, 0.6) is 0 Å². The van der Waals surface area contributed by atoms with Crippen molar-refractivity contribution in [3.63, 3.8) is 0 Å². The lowest BCUT2D eigenvalue weighted by Gasteiger charge is -2.26. The van der Waals surface area contributed by atoms with Gasteiger partial charge in [-0.3, -0.25) is 9.69 Å². The fraction of sp³-hybridized carbons (Fsp3) is 0.350. The third-order valence-electron chi connectivity index (χ3n) is 4.51. The first kappa shape index (κ1) is 20.8. The maximum Gasteiger partial charge on any atom is 0.255 e. The van der Waals surface area contributed by atoms with Crippen molar-refractivity contribution < 1.29 is 4.79 Å². The zero-order valence-electron chi connectivity index (χ0n) is 15.0. The van der Waals surface area contributed by atoms with Crippen LogP contribution in [0.1, 0.15) is 27.0 Å². The van der Waals surface area contributed by atoms with E-state index in [1.54, 1.807) is 0 Å². The topological polar surface area (TPSA) is 58.4 Å². The fourth-order valence-corrected chi connectivity index (χ4v) is 3.89. The van der Waals surface area contributed by atoms with Crippen molar-refractivity contribution in [1.82, 2.24) is 4.90 Å². The van der Waals surface area contributed by atoms with Crippen LogP contribution in [0.2, 0.25) is 0 Å². The van der Waals surface area contributed by atoms with Gasteiger partial charge >= 0.3 is 0 Å². The van der Waals surface area contributed by atoms with Crippen LogP contribution in [-0.2, 0) is 13.1 Å². The first-order chi connectivity index (χ1) is 12.2. The predicted molar refractivity (Wildman–Crippen MR) is 113 cm³/mol. The smallest absolute Gasteiger partial charge is 0.255 e. The van der Waals surface area contributed by atoms with Gasteiger partial charge in [0.05, 0.1) is 0 Å². The predicted octanol–water partition coefficient (Wildman–Crippen LogP) is 3.68. The average molecular weight is 392 g/mol. The van der Waals surface area contributed by atoms with E-state index in [0.29, 0.717) is 12.1 Å². The second kappa shape index (κ2) is 9.97. The molecule has 140 valence electrons. The molecule has 2 aromatic rings. The highest BCUT2D eigenvalue weighted by Crippen LogP contribution is 2.20. The van der Waals surface area contributed by atoms with E-state index >= 15 is 0 Å². The zero-order chi connectivity index (χ0) is 17.6. The number of nitrogens with zero attached hydrogens (tertiary/aromatic N) is 1.